The minimum absolute atomic E-state index is 0.0206. The van der Waals surface area contributed by atoms with E-state index >= 15 is 0 Å². The van der Waals surface area contributed by atoms with Gasteiger partial charge in [-0.3, -0.25) is 9.69 Å². The average Bonchev–Trinajstić information content (AvgIpc) is 3.01. The van der Waals surface area contributed by atoms with E-state index in [1.54, 1.807) is 19.1 Å². The molecule has 0 spiro atoms. The lowest BCUT2D eigenvalue weighted by molar-refractivity contribution is -0.274. The third kappa shape index (κ3) is 17.4. The number of hydrogen-bond acceptors (Lipinski definition) is 3. The van der Waals surface area contributed by atoms with E-state index in [0.717, 1.165) is 31.2 Å². The number of ether oxygens (including phenoxy) is 1. The van der Waals surface area contributed by atoms with Gasteiger partial charge >= 0.3 is 6.36 Å². The van der Waals surface area contributed by atoms with Gasteiger partial charge in [0.25, 0.3) is 0 Å². The zero-order valence-electron chi connectivity index (χ0n) is 29.9. The van der Waals surface area contributed by atoms with Crippen molar-refractivity contribution in [2.24, 2.45) is 0 Å². The first kappa shape index (κ1) is 42.1. The van der Waals surface area contributed by atoms with Crippen LogP contribution in [0, 0.1) is 0 Å². The lowest BCUT2D eigenvalue weighted by Gasteiger charge is -2.32. The topological polar surface area (TPSA) is 29.5 Å². The molecular formula is C39H60F3NO2. The Hall–Kier alpha value is -2.86. The largest absolute Gasteiger partial charge is 0.573 e. The van der Waals surface area contributed by atoms with E-state index in [0.29, 0.717) is 0 Å². The fourth-order valence-electron chi connectivity index (χ4n) is 4.81. The molecule has 0 unspecified atom stereocenters. The second-order valence-electron chi connectivity index (χ2n) is 12.2. The fourth-order valence-corrected chi connectivity index (χ4v) is 4.81. The van der Waals surface area contributed by atoms with Crippen molar-refractivity contribution in [3.63, 3.8) is 0 Å². The quantitative estimate of drug-likeness (QED) is 0.261. The van der Waals surface area contributed by atoms with Gasteiger partial charge in [-0.2, -0.15) is 0 Å². The highest BCUT2D eigenvalue weighted by Gasteiger charge is 2.31. The van der Waals surface area contributed by atoms with E-state index in [-0.39, 0.29) is 29.0 Å². The minimum atomic E-state index is -4.60. The highest BCUT2D eigenvalue weighted by Crippen LogP contribution is 2.27. The number of likely N-dealkylation sites (N-methyl/N-ethyl adjacent to an activating group) is 1. The summed E-state index contributed by atoms with van der Waals surface area (Å²) in [7, 11) is 2.06. The van der Waals surface area contributed by atoms with Crippen molar-refractivity contribution in [2.45, 2.75) is 138 Å². The Morgan fingerprint density at radius 2 is 1.49 bits per heavy atom. The zero-order chi connectivity index (χ0) is 34.6. The van der Waals surface area contributed by atoms with Crippen molar-refractivity contribution in [3.05, 3.63) is 89.0 Å². The number of carbonyl (C=O) groups is 1. The Kier molecular flexibility index (Phi) is 20.4. The SMILES string of the molecule is CC.CCC1=CCCC=C1.CCC[C@@H](C(C)=O)N(C)[C@H](C)c1ccc(C(C)(C)C)cc1.CCCc1ccc(OC(F)(F)F)cc1. The summed E-state index contributed by atoms with van der Waals surface area (Å²) in [6.07, 6.45) is 9.67. The number of carbonyl (C=O) groups excluding carboxylic acids is 1. The maximum absolute atomic E-state index is 11.9. The molecule has 0 saturated heterocycles. The lowest BCUT2D eigenvalue weighted by Crippen LogP contribution is -2.38. The molecule has 1 aliphatic rings. The number of alkyl halides is 3. The van der Waals surface area contributed by atoms with Crippen LogP contribution in [0.2, 0.25) is 0 Å². The van der Waals surface area contributed by atoms with Gasteiger partial charge in [-0.15, -0.1) is 13.2 Å². The molecule has 2 atom stereocenters. The van der Waals surface area contributed by atoms with Crippen LogP contribution in [0.25, 0.3) is 0 Å². The molecule has 0 aromatic heterocycles. The Morgan fingerprint density at radius 1 is 0.911 bits per heavy atom. The van der Waals surface area contributed by atoms with Gasteiger partial charge in [0, 0.05) is 6.04 Å². The lowest BCUT2D eigenvalue weighted by atomic mass is 9.86. The molecule has 2 aromatic rings. The molecule has 0 bridgehead atoms. The number of allylic oxidation sites excluding steroid dienone is 4. The molecule has 254 valence electrons. The third-order valence-corrected chi connectivity index (χ3v) is 7.57. The van der Waals surface area contributed by atoms with Gasteiger partial charge in [-0.05, 0) is 87.2 Å². The minimum Gasteiger partial charge on any atom is -0.406 e. The van der Waals surface area contributed by atoms with Gasteiger partial charge in [0.05, 0.1) is 6.04 Å². The molecule has 0 N–H and O–H groups in total. The standard InChI is InChI=1S/C19H31NO.C10H11F3O.C8H12.C2H6/c1-8-9-18(15(3)21)20(7)14(2)16-10-12-17(13-11-16)19(4,5)6;1-2-3-8-4-6-9(7-5-8)14-10(11,12)13;1-2-8-6-4-3-5-7-8;1-2/h10-14,18H,8-9H2,1-7H3;4-7H,2-3H2,1H3;4,6-7H,2-3,5H2,1H3;1-2H3/t14-,18+;;;/m1.../s1. The van der Waals surface area contributed by atoms with Crippen molar-refractivity contribution < 1.29 is 22.7 Å². The molecular weight excluding hydrogens is 571 g/mol. The number of hydrogen-bond donors (Lipinski definition) is 0. The molecule has 1 aliphatic carbocycles. The highest BCUT2D eigenvalue weighted by atomic mass is 19.4. The maximum Gasteiger partial charge on any atom is 0.573 e. The molecule has 3 rings (SSSR count). The molecule has 0 fully saturated rings. The summed E-state index contributed by atoms with van der Waals surface area (Å²) >= 11 is 0. The fraction of sp³-hybridized carbons (Fsp3) is 0.564. The Morgan fingerprint density at radius 3 is 1.87 bits per heavy atom. The first-order valence-electron chi connectivity index (χ1n) is 16.7. The highest BCUT2D eigenvalue weighted by molar-refractivity contribution is 5.81. The van der Waals surface area contributed by atoms with Gasteiger partial charge in [0.15, 0.2) is 0 Å². The number of rotatable bonds is 10. The van der Waals surface area contributed by atoms with Crippen LogP contribution in [0.5, 0.6) is 5.75 Å². The molecule has 0 radical (unpaired) electrons. The molecule has 45 heavy (non-hydrogen) atoms. The van der Waals surface area contributed by atoms with Crippen molar-refractivity contribution in [1.82, 2.24) is 4.90 Å². The van der Waals surface area contributed by atoms with E-state index < -0.39 is 6.36 Å². The first-order valence-corrected chi connectivity index (χ1v) is 16.7. The van der Waals surface area contributed by atoms with Crippen molar-refractivity contribution in [1.29, 1.82) is 0 Å². The van der Waals surface area contributed by atoms with Crippen molar-refractivity contribution >= 4 is 5.78 Å². The van der Waals surface area contributed by atoms with E-state index in [4.69, 9.17) is 0 Å². The van der Waals surface area contributed by atoms with Gasteiger partial charge in [0.2, 0.25) is 0 Å². The zero-order valence-corrected chi connectivity index (χ0v) is 29.9. The van der Waals surface area contributed by atoms with Crippen LogP contribution in [-0.2, 0) is 16.6 Å². The molecule has 2 aromatic carbocycles. The average molecular weight is 632 g/mol. The number of benzene rings is 2. The number of halogens is 3. The first-order chi connectivity index (χ1) is 21.1. The van der Waals surface area contributed by atoms with E-state index in [1.165, 1.54) is 48.1 Å². The van der Waals surface area contributed by atoms with Gasteiger partial charge < -0.3 is 4.74 Å². The Bertz CT molecular complexity index is 1130. The van der Waals surface area contributed by atoms with Crippen LogP contribution in [0.3, 0.4) is 0 Å². The van der Waals surface area contributed by atoms with Crippen LogP contribution in [-0.4, -0.2) is 30.1 Å². The number of Topliss-reactive ketones (excluding diaryl/α,β-unsaturated/α-hetero) is 1. The van der Waals surface area contributed by atoms with E-state index in [1.807, 2.05) is 20.8 Å². The van der Waals surface area contributed by atoms with Crippen LogP contribution in [0.4, 0.5) is 13.2 Å². The summed E-state index contributed by atoms with van der Waals surface area (Å²) in [5, 5.41) is 0. The smallest absolute Gasteiger partial charge is 0.406 e. The summed E-state index contributed by atoms with van der Waals surface area (Å²) in [5.41, 5.74) is 5.31. The normalized spacial score (nSPS) is 14.0. The summed E-state index contributed by atoms with van der Waals surface area (Å²) in [5.74, 6) is 0.0925. The molecule has 0 amide bonds. The number of nitrogens with zero attached hydrogens (tertiary/aromatic N) is 1. The van der Waals surface area contributed by atoms with Crippen LogP contribution < -0.4 is 4.74 Å². The third-order valence-electron chi connectivity index (χ3n) is 7.57. The van der Waals surface area contributed by atoms with Gasteiger partial charge in [-0.1, -0.05) is 128 Å². The molecule has 0 saturated carbocycles. The van der Waals surface area contributed by atoms with E-state index in [9.17, 15) is 18.0 Å². The number of aryl methyl sites for hydroxylation is 1. The van der Waals surface area contributed by atoms with Crippen LogP contribution >= 0.6 is 0 Å². The predicted molar refractivity (Wildman–Crippen MR) is 186 cm³/mol. The molecule has 0 aliphatic heterocycles. The summed E-state index contributed by atoms with van der Waals surface area (Å²) in [6.45, 7) is 20.9. The maximum atomic E-state index is 11.9. The molecule has 0 heterocycles. The van der Waals surface area contributed by atoms with Gasteiger partial charge in [-0.25, -0.2) is 0 Å². The van der Waals surface area contributed by atoms with Gasteiger partial charge in [0.1, 0.15) is 11.5 Å². The van der Waals surface area contributed by atoms with Crippen LogP contribution in [0.15, 0.2) is 72.3 Å². The van der Waals surface area contributed by atoms with Crippen molar-refractivity contribution in [2.75, 3.05) is 7.05 Å². The Balaban J connectivity index is 0.000000689. The number of ketones is 1. The second-order valence-corrected chi connectivity index (χ2v) is 12.2. The summed E-state index contributed by atoms with van der Waals surface area (Å²) in [4.78, 5) is 14.1. The monoisotopic (exact) mass is 631 g/mol. The molecule has 6 heteroatoms. The molecule has 3 nitrogen and oxygen atoms in total. The Labute approximate surface area is 273 Å². The second kappa shape index (κ2) is 21.8. The predicted octanol–water partition coefficient (Wildman–Crippen LogP) is 12.0. The summed E-state index contributed by atoms with van der Waals surface area (Å²) < 4.78 is 39.0. The summed E-state index contributed by atoms with van der Waals surface area (Å²) in [6, 6.07) is 15.0. The van der Waals surface area contributed by atoms with Crippen LogP contribution in [0.1, 0.15) is 130 Å². The van der Waals surface area contributed by atoms with Crippen molar-refractivity contribution in [3.8, 4) is 5.75 Å². The van der Waals surface area contributed by atoms with E-state index in [2.05, 4.69) is 101 Å².